The van der Waals surface area contributed by atoms with E-state index < -0.39 is 5.82 Å². The third-order valence-corrected chi connectivity index (χ3v) is 2.24. The molecule has 0 spiro atoms. The zero-order valence-electron chi connectivity index (χ0n) is 9.09. The largest absolute Gasteiger partial charge is 0.472 e. The first kappa shape index (κ1) is 11.7. The lowest BCUT2D eigenvalue weighted by Gasteiger charge is -2.06. The Kier molecular flexibility index (Phi) is 3.25. The highest BCUT2D eigenvalue weighted by molar-refractivity contribution is 6.07. The van der Waals surface area contributed by atoms with Crippen molar-refractivity contribution in [3.63, 3.8) is 0 Å². The summed E-state index contributed by atoms with van der Waals surface area (Å²) in [5.74, 6) is -0.465. The van der Waals surface area contributed by atoms with Crippen molar-refractivity contribution < 1.29 is 14.0 Å². The lowest BCUT2D eigenvalue weighted by atomic mass is 10.2. The third-order valence-electron chi connectivity index (χ3n) is 2.24. The van der Waals surface area contributed by atoms with Gasteiger partial charge in [0, 0.05) is 5.69 Å². The van der Waals surface area contributed by atoms with Gasteiger partial charge in [-0.2, -0.15) is 5.26 Å². The van der Waals surface area contributed by atoms with E-state index >= 15 is 0 Å². The molecule has 0 unspecified atom stereocenters. The molecule has 2 aromatic rings. The van der Waals surface area contributed by atoms with Crippen molar-refractivity contribution in [2.75, 3.05) is 5.32 Å². The van der Waals surface area contributed by atoms with Crippen molar-refractivity contribution in [1.29, 1.82) is 5.26 Å². The van der Waals surface area contributed by atoms with Crippen molar-refractivity contribution in [3.05, 3.63) is 53.7 Å². The first-order valence-electron chi connectivity index (χ1n) is 4.96. The topological polar surface area (TPSA) is 81.5 Å². The third kappa shape index (κ3) is 2.30. The Morgan fingerprint density at radius 1 is 1.44 bits per heavy atom. The van der Waals surface area contributed by atoms with Crippen LogP contribution < -0.4 is 5.32 Å². The molecule has 0 atom stereocenters. The van der Waals surface area contributed by atoms with E-state index in [1.165, 1.54) is 24.7 Å². The Morgan fingerprint density at radius 2 is 2.28 bits per heavy atom. The molecule has 1 aromatic heterocycles. The van der Waals surface area contributed by atoms with Crippen molar-refractivity contribution in [3.8, 4) is 6.07 Å². The second-order valence-electron chi connectivity index (χ2n) is 3.39. The molecule has 5 nitrogen and oxygen atoms in total. The number of furan rings is 1. The molecule has 0 saturated heterocycles. The van der Waals surface area contributed by atoms with Gasteiger partial charge in [0.05, 0.1) is 17.4 Å². The Labute approximate surface area is 102 Å². The Morgan fingerprint density at radius 3 is 2.89 bits per heavy atom. The van der Waals surface area contributed by atoms with E-state index in [4.69, 9.17) is 14.9 Å². The Balaban J connectivity index is 2.27. The fourth-order valence-corrected chi connectivity index (χ4v) is 1.38. The zero-order valence-corrected chi connectivity index (χ0v) is 9.09. The molecular formula is C12H8FN3O2. The summed E-state index contributed by atoms with van der Waals surface area (Å²) in [5.41, 5.74) is 0.867. The molecule has 1 aromatic carbocycles. The summed E-state index contributed by atoms with van der Waals surface area (Å²) in [6.45, 7) is 0. The van der Waals surface area contributed by atoms with Crippen LogP contribution in [0.25, 0.3) is 0 Å². The van der Waals surface area contributed by atoms with Crippen LogP contribution in [0, 0.1) is 17.1 Å². The first-order chi connectivity index (χ1) is 8.74. The SMILES string of the molecule is N#Cc1cc(N/C(=N/O)c2ccoc2)ccc1F. The van der Waals surface area contributed by atoms with Gasteiger partial charge in [0.2, 0.25) is 0 Å². The van der Waals surface area contributed by atoms with Crippen molar-refractivity contribution in [1.82, 2.24) is 0 Å². The fraction of sp³-hybridized carbons (Fsp3) is 0. The summed E-state index contributed by atoms with van der Waals surface area (Å²) in [5, 5.41) is 23.4. The summed E-state index contributed by atoms with van der Waals surface area (Å²) in [6, 6.07) is 7.23. The number of benzene rings is 1. The Bertz CT molecular complexity index is 615. The summed E-state index contributed by atoms with van der Waals surface area (Å²) in [4.78, 5) is 0. The highest BCUT2D eigenvalue weighted by Crippen LogP contribution is 2.15. The average molecular weight is 245 g/mol. The molecular weight excluding hydrogens is 237 g/mol. The average Bonchev–Trinajstić information content (AvgIpc) is 2.91. The number of hydrogen-bond donors (Lipinski definition) is 2. The second-order valence-corrected chi connectivity index (χ2v) is 3.39. The van der Waals surface area contributed by atoms with Gasteiger partial charge >= 0.3 is 0 Å². The van der Waals surface area contributed by atoms with Gasteiger partial charge in [0.25, 0.3) is 0 Å². The van der Waals surface area contributed by atoms with E-state index in [-0.39, 0.29) is 11.4 Å². The van der Waals surface area contributed by atoms with E-state index in [9.17, 15) is 4.39 Å². The number of rotatable bonds is 2. The minimum absolute atomic E-state index is 0.0931. The molecule has 0 saturated carbocycles. The van der Waals surface area contributed by atoms with Crippen LogP contribution in [0.15, 0.2) is 46.4 Å². The van der Waals surface area contributed by atoms with Gasteiger partial charge in [-0.05, 0) is 24.3 Å². The minimum Gasteiger partial charge on any atom is -0.472 e. The molecule has 0 bridgehead atoms. The van der Waals surface area contributed by atoms with Crippen LogP contribution in [-0.2, 0) is 0 Å². The van der Waals surface area contributed by atoms with Gasteiger partial charge < -0.3 is 14.9 Å². The van der Waals surface area contributed by atoms with Gasteiger partial charge in [-0.15, -0.1) is 0 Å². The minimum atomic E-state index is -0.603. The molecule has 0 amide bonds. The lowest BCUT2D eigenvalue weighted by Crippen LogP contribution is -2.12. The van der Waals surface area contributed by atoms with E-state index in [1.807, 2.05) is 0 Å². The monoisotopic (exact) mass is 245 g/mol. The number of nitriles is 1. The highest BCUT2D eigenvalue weighted by Gasteiger charge is 2.08. The van der Waals surface area contributed by atoms with Crippen molar-refractivity contribution in [2.45, 2.75) is 0 Å². The predicted molar refractivity (Wildman–Crippen MR) is 61.8 cm³/mol. The van der Waals surface area contributed by atoms with Crippen LogP contribution in [0.3, 0.4) is 0 Å². The van der Waals surface area contributed by atoms with Crippen LogP contribution >= 0.6 is 0 Å². The van der Waals surface area contributed by atoms with Crippen molar-refractivity contribution in [2.24, 2.45) is 5.16 Å². The van der Waals surface area contributed by atoms with E-state index in [1.54, 1.807) is 12.1 Å². The standard InChI is InChI=1S/C12H8FN3O2/c13-11-2-1-10(5-9(11)6-14)15-12(16-17)8-3-4-18-7-8/h1-5,7,17H,(H,15,16). The van der Waals surface area contributed by atoms with Crippen LogP contribution in [0.2, 0.25) is 0 Å². The normalized spacial score (nSPS) is 11.0. The van der Waals surface area contributed by atoms with Crippen LogP contribution in [-0.4, -0.2) is 11.0 Å². The molecule has 18 heavy (non-hydrogen) atoms. The zero-order chi connectivity index (χ0) is 13.0. The maximum atomic E-state index is 13.1. The summed E-state index contributed by atoms with van der Waals surface area (Å²) >= 11 is 0. The van der Waals surface area contributed by atoms with Crippen LogP contribution in [0.4, 0.5) is 10.1 Å². The molecule has 90 valence electrons. The molecule has 0 aliphatic rings. The van der Waals surface area contributed by atoms with Gasteiger partial charge in [-0.3, -0.25) is 0 Å². The van der Waals surface area contributed by atoms with Gasteiger partial charge in [0.15, 0.2) is 5.84 Å². The maximum absolute atomic E-state index is 13.1. The number of nitrogens with one attached hydrogen (secondary N) is 1. The lowest BCUT2D eigenvalue weighted by molar-refractivity contribution is 0.319. The summed E-state index contributed by atoms with van der Waals surface area (Å²) in [7, 11) is 0. The van der Waals surface area contributed by atoms with E-state index in [0.29, 0.717) is 11.3 Å². The first-order valence-corrected chi connectivity index (χ1v) is 4.96. The van der Waals surface area contributed by atoms with Gasteiger partial charge in [0.1, 0.15) is 18.1 Å². The van der Waals surface area contributed by atoms with Gasteiger partial charge in [-0.25, -0.2) is 4.39 Å². The number of anilines is 1. The van der Waals surface area contributed by atoms with Crippen LogP contribution in [0.1, 0.15) is 11.1 Å². The highest BCUT2D eigenvalue weighted by atomic mass is 19.1. The van der Waals surface area contributed by atoms with Gasteiger partial charge in [-0.1, -0.05) is 5.16 Å². The maximum Gasteiger partial charge on any atom is 0.180 e. The molecule has 0 fully saturated rings. The number of amidine groups is 1. The smallest absolute Gasteiger partial charge is 0.180 e. The molecule has 1 heterocycles. The van der Waals surface area contributed by atoms with Crippen molar-refractivity contribution >= 4 is 11.5 Å². The van der Waals surface area contributed by atoms with E-state index in [2.05, 4.69) is 10.5 Å². The molecule has 6 heteroatoms. The molecule has 0 aliphatic heterocycles. The number of nitrogens with zero attached hydrogens (tertiary/aromatic N) is 2. The summed E-state index contributed by atoms with van der Waals surface area (Å²) in [6.07, 6.45) is 2.81. The molecule has 2 rings (SSSR count). The Hall–Kier alpha value is -2.81. The number of halogens is 1. The fourth-order valence-electron chi connectivity index (χ4n) is 1.38. The molecule has 0 aliphatic carbocycles. The van der Waals surface area contributed by atoms with E-state index in [0.717, 1.165) is 6.07 Å². The summed E-state index contributed by atoms with van der Waals surface area (Å²) < 4.78 is 18.0. The molecule has 0 radical (unpaired) electrons. The second kappa shape index (κ2) is 5.01. The molecule has 2 N–H and O–H groups in total. The quantitative estimate of drug-likeness (QED) is 0.368. The predicted octanol–water partition coefficient (Wildman–Crippen LogP) is 2.54. The number of oxime groups is 1. The van der Waals surface area contributed by atoms with Crippen LogP contribution in [0.5, 0.6) is 0 Å². The number of hydrogen-bond acceptors (Lipinski definition) is 4.